The van der Waals surface area contributed by atoms with Crippen molar-refractivity contribution in [2.24, 2.45) is 0 Å². The average molecular weight is 251 g/mol. The molecule has 1 atom stereocenters. The third-order valence-electron chi connectivity index (χ3n) is 1.94. The molecule has 0 aliphatic carbocycles. The Labute approximate surface area is 87.0 Å². The molecule has 0 bridgehead atoms. The molecule has 1 aliphatic heterocycles. The Morgan fingerprint density at radius 3 is 2.85 bits per heavy atom. The summed E-state index contributed by atoms with van der Waals surface area (Å²) in [6.45, 7) is 2.33. The van der Waals surface area contributed by atoms with Crippen molar-refractivity contribution in [3.8, 4) is 0 Å². The Morgan fingerprint density at radius 1 is 1.69 bits per heavy atom. The molecule has 0 aromatic heterocycles. The lowest BCUT2D eigenvalue weighted by atomic mass is 10.4. The highest BCUT2D eigenvalue weighted by molar-refractivity contribution is 9.09. The molecule has 0 saturated carbocycles. The minimum Gasteiger partial charge on any atom is -0.443 e. The summed E-state index contributed by atoms with van der Waals surface area (Å²) in [5.41, 5.74) is 0. The number of carbonyl (C=O) groups is 1. The van der Waals surface area contributed by atoms with Crippen LogP contribution in [-0.2, 0) is 4.74 Å². The number of cyclic esters (lactones) is 1. The number of nitrogens with zero attached hydrogens (tertiary/aromatic N) is 2. The van der Waals surface area contributed by atoms with Gasteiger partial charge < -0.3 is 14.5 Å². The lowest BCUT2D eigenvalue weighted by molar-refractivity contribution is 0.139. The summed E-state index contributed by atoms with van der Waals surface area (Å²) in [5, 5.41) is 0.719. The maximum atomic E-state index is 11.2. The van der Waals surface area contributed by atoms with E-state index in [0.717, 1.165) is 18.4 Å². The molecule has 4 nitrogen and oxygen atoms in total. The number of halogens is 1. The summed E-state index contributed by atoms with van der Waals surface area (Å²) >= 11 is 3.30. The van der Waals surface area contributed by atoms with E-state index in [1.807, 2.05) is 14.1 Å². The molecule has 76 valence electrons. The minimum atomic E-state index is -0.189. The zero-order valence-corrected chi connectivity index (χ0v) is 9.58. The molecule has 1 aliphatic rings. The largest absolute Gasteiger partial charge is 0.443 e. The Kier molecular flexibility index (Phi) is 3.99. The number of amides is 1. The van der Waals surface area contributed by atoms with Crippen LogP contribution in [0.25, 0.3) is 0 Å². The van der Waals surface area contributed by atoms with Crippen LogP contribution < -0.4 is 0 Å². The van der Waals surface area contributed by atoms with E-state index >= 15 is 0 Å². The van der Waals surface area contributed by atoms with Crippen LogP contribution in [0.2, 0.25) is 0 Å². The fraction of sp³-hybridized carbons (Fsp3) is 0.875. The normalized spacial score (nSPS) is 22.6. The fourth-order valence-corrected chi connectivity index (χ4v) is 1.50. The van der Waals surface area contributed by atoms with Crippen LogP contribution in [-0.4, -0.2) is 61.1 Å². The highest BCUT2D eigenvalue weighted by Crippen LogP contribution is 2.12. The van der Waals surface area contributed by atoms with Crippen LogP contribution in [0.1, 0.15) is 0 Å². The molecule has 1 rings (SSSR count). The molecule has 13 heavy (non-hydrogen) atoms. The summed E-state index contributed by atoms with van der Waals surface area (Å²) in [6.07, 6.45) is -0.166. The van der Waals surface area contributed by atoms with E-state index in [0.29, 0.717) is 6.54 Å². The third-order valence-corrected chi connectivity index (χ3v) is 2.66. The molecule has 0 radical (unpaired) electrons. The number of likely N-dealkylation sites (N-methyl/N-ethyl adjacent to an activating group) is 1. The van der Waals surface area contributed by atoms with Gasteiger partial charge in [-0.1, -0.05) is 15.9 Å². The van der Waals surface area contributed by atoms with Crippen LogP contribution in [0.3, 0.4) is 0 Å². The third kappa shape index (κ3) is 3.15. The van der Waals surface area contributed by atoms with Gasteiger partial charge in [-0.05, 0) is 14.1 Å². The maximum absolute atomic E-state index is 11.2. The quantitative estimate of drug-likeness (QED) is 0.692. The molecule has 5 heteroatoms. The van der Waals surface area contributed by atoms with Gasteiger partial charge in [0.05, 0.1) is 6.54 Å². The zero-order chi connectivity index (χ0) is 9.84. The Morgan fingerprint density at radius 2 is 2.38 bits per heavy atom. The first kappa shape index (κ1) is 10.8. The minimum absolute atomic E-state index is 0.0228. The highest BCUT2D eigenvalue weighted by atomic mass is 79.9. The molecule has 1 amide bonds. The first-order chi connectivity index (χ1) is 6.13. The van der Waals surface area contributed by atoms with Gasteiger partial charge in [0.2, 0.25) is 0 Å². The van der Waals surface area contributed by atoms with Gasteiger partial charge in [0.25, 0.3) is 0 Å². The maximum Gasteiger partial charge on any atom is 0.410 e. The topological polar surface area (TPSA) is 32.8 Å². The van der Waals surface area contributed by atoms with Gasteiger partial charge in [-0.25, -0.2) is 4.79 Å². The molecule has 1 fully saturated rings. The van der Waals surface area contributed by atoms with E-state index in [1.54, 1.807) is 4.90 Å². The summed E-state index contributed by atoms with van der Waals surface area (Å²) in [6, 6.07) is 0. The van der Waals surface area contributed by atoms with Gasteiger partial charge in [-0.15, -0.1) is 0 Å². The van der Waals surface area contributed by atoms with Gasteiger partial charge in [-0.3, -0.25) is 0 Å². The van der Waals surface area contributed by atoms with E-state index in [4.69, 9.17) is 4.74 Å². The van der Waals surface area contributed by atoms with Gasteiger partial charge in [0, 0.05) is 18.4 Å². The Balaban J connectivity index is 2.31. The summed E-state index contributed by atoms with van der Waals surface area (Å²) in [5.74, 6) is 0. The highest BCUT2D eigenvalue weighted by Gasteiger charge is 2.29. The monoisotopic (exact) mass is 250 g/mol. The van der Waals surface area contributed by atoms with E-state index in [9.17, 15) is 4.79 Å². The predicted octanol–water partition coefficient (Wildman–Crippen LogP) is 0.764. The zero-order valence-electron chi connectivity index (χ0n) is 7.99. The smallest absolute Gasteiger partial charge is 0.410 e. The Hall–Kier alpha value is -0.290. The number of ether oxygens (including phenoxy) is 1. The van der Waals surface area contributed by atoms with Gasteiger partial charge in [0.15, 0.2) is 0 Å². The second-order valence-corrected chi connectivity index (χ2v) is 4.06. The van der Waals surface area contributed by atoms with Crippen molar-refractivity contribution in [2.45, 2.75) is 6.10 Å². The Bertz CT molecular complexity index is 187. The van der Waals surface area contributed by atoms with Crippen molar-refractivity contribution in [1.29, 1.82) is 0 Å². The molecule has 0 spiro atoms. The van der Waals surface area contributed by atoms with Crippen LogP contribution in [0, 0.1) is 0 Å². The molecule has 0 N–H and O–H groups in total. The van der Waals surface area contributed by atoms with Gasteiger partial charge >= 0.3 is 6.09 Å². The van der Waals surface area contributed by atoms with E-state index in [2.05, 4.69) is 20.8 Å². The van der Waals surface area contributed by atoms with Crippen molar-refractivity contribution < 1.29 is 9.53 Å². The van der Waals surface area contributed by atoms with Crippen molar-refractivity contribution in [3.05, 3.63) is 0 Å². The molecule has 1 heterocycles. The van der Waals surface area contributed by atoms with Crippen molar-refractivity contribution in [1.82, 2.24) is 9.80 Å². The lowest BCUT2D eigenvalue weighted by Gasteiger charge is -2.15. The first-order valence-corrected chi connectivity index (χ1v) is 5.42. The van der Waals surface area contributed by atoms with Crippen LogP contribution >= 0.6 is 15.9 Å². The summed E-state index contributed by atoms with van der Waals surface area (Å²) < 4.78 is 5.08. The molecule has 1 saturated heterocycles. The molecule has 0 aromatic rings. The first-order valence-electron chi connectivity index (χ1n) is 4.29. The van der Waals surface area contributed by atoms with Crippen LogP contribution in [0.15, 0.2) is 0 Å². The number of hydrogen-bond acceptors (Lipinski definition) is 3. The number of hydrogen-bond donors (Lipinski definition) is 0. The number of carbonyl (C=O) groups excluding carboxylic acids is 1. The second kappa shape index (κ2) is 4.81. The number of rotatable bonds is 4. The fourth-order valence-electron chi connectivity index (χ4n) is 1.16. The average Bonchev–Trinajstić information content (AvgIpc) is 2.43. The summed E-state index contributed by atoms with van der Waals surface area (Å²) in [7, 11) is 3.98. The molecule has 1 unspecified atom stereocenters. The van der Waals surface area contributed by atoms with Crippen LogP contribution in [0.5, 0.6) is 0 Å². The standard InChI is InChI=1S/C8H15BrN2O2/c1-10(2)3-4-11-6-7(5-9)13-8(11)12/h7H,3-6H2,1-2H3. The van der Waals surface area contributed by atoms with Crippen molar-refractivity contribution in [3.63, 3.8) is 0 Å². The molecular weight excluding hydrogens is 236 g/mol. The van der Waals surface area contributed by atoms with Gasteiger partial charge in [-0.2, -0.15) is 0 Å². The summed E-state index contributed by atoms with van der Waals surface area (Å²) in [4.78, 5) is 15.0. The van der Waals surface area contributed by atoms with E-state index in [-0.39, 0.29) is 12.2 Å². The van der Waals surface area contributed by atoms with Gasteiger partial charge in [0.1, 0.15) is 6.10 Å². The predicted molar refractivity (Wildman–Crippen MR) is 54.2 cm³/mol. The van der Waals surface area contributed by atoms with E-state index in [1.165, 1.54) is 0 Å². The lowest BCUT2D eigenvalue weighted by Crippen LogP contribution is -2.32. The second-order valence-electron chi connectivity index (χ2n) is 3.41. The molecular formula is C8H15BrN2O2. The molecule has 0 aromatic carbocycles. The van der Waals surface area contributed by atoms with Crippen molar-refractivity contribution >= 4 is 22.0 Å². The number of alkyl halides is 1. The van der Waals surface area contributed by atoms with Crippen LogP contribution in [0.4, 0.5) is 4.79 Å². The van der Waals surface area contributed by atoms with E-state index < -0.39 is 0 Å². The SMILES string of the molecule is CN(C)CCN1CC(CBr)OC1=O. The van der Waals surface area contributed by atoms with Crippen molar-refractivity contribution in [2.75, 3.05) is 39.1 Å².